The summed E-state index contributed by atoms with van der Waals surface area (Å²) in [6.45, 7) is 3.89. The average Bonchev–Trinajstić information content (AvgIpc) is 2.24. The monoisotopic (exact) mass is 264 g/mol. The van der Waals surface area contributed by atoms with Gasteiger partial charge in [0.1, 0.15) is 6.04 Å². The van der Waals surface area contributed by atoms with Crippen LogP contribution in [-0.4, -0.2) is 45.9 Å². The quantitative estimate of drug-likeness (QED) is 0.610. The molecule has 17 heavy (non-hydrogen) atoms. The van der Waals surface area contributed by atoms with Gasteiger partial charge in [0.2, 0.25) is 0 Å². The minimum atomic E-state index is -1.05. The van der Waals surface area contributed by atoms with E-state index in [1.54, 1.807) is 13.2 Å². The lowest BCUT2D eigenvalue weighted by Gasteiger charge is -2.20. The van der Waals surface area contributed by atoms with Gasteiger partial charge in [-0.15, -0.1) is 0 Å². The Morgan fingerprint density at radius 3 is 2.41 bits per heavy atom. The molecule has 0 aromatic heterocycles. The van der Waals surface area contributed by atoms with Crippen molar-refractivity contribution in [1.82, 2.24) is 10.6 Å². The molecular weight excluding hydrogens is 244 g/mol. The molecule has 0 bridgehead atoms. The largest absolute Gasteiger partial charge is 0.480 e. The molecule has 2 amide bonds. The van der Waals surface area contributed by atoms with Crippen LogP contribution in [0.25, 0.3) is 0 Å². The van der Waals surface area contributed by atoms with Crippen molar-refractivity contribution in [3.63, 3.8) is 0 Å². The molecule has 0 aliphatic rings. The van der Waals surface area contributed by atoms with Gasteiger partial charge in [-0.3, -0.25) is 4.21 Å². The second kappa shape index (κ2) is 8.05. The van der Waals surface area contributed by atoms with E-state index in [0.29, 0.717) is 12.2 Å². The van der Waals surface area contributed by atoms with Crippen LogP contribution in [0, 0.1) is 5.92 Å². The van der Waals surface area contributed by atoms with E-state index in [9.17, 15) is 13.8 Å². The predicted molar refractivity (Wildman–Crippen MR) is 66.3 cm³/mol. The Bertz CT molecular complexity index is 296. The summed E-state index contributed by atoms with van der Waals surface area (Å²) in [5.74, 6) is -0.832. The minimum absolute atomic E-state index is 0.140. The van der Waals surface area contributed by atoms with E-state index < -0.39 is 28.8 Å². The van der Waals surface area contributed by atoms with Crippen LogP contribution in [0.5, 0.6) is 0 Å². The summed E-state index contributed by atoms with van der Waals surface area (Å²) in [4.78, 5) is 22.3. The zero-order valence-corrected chi connectivity index (χ0v) is 11.2. The number of aliphatic carboxylic acids is 1. The standard InChI is InChI=1S/C10H20N2O4S/c1-4-7(2)8(9(13)14)12-10(15)11-5-6-17(3)16/h7-8H,4-6H2,1-3H3,(H,13,14)(H2,11,12,15). The van der Waals surface area contributed by atoms with Crippen molar-refractivity contribution in [2.24, 2.45) is 5.92 Å². The number of hydrogen-bond acceptors (Lipinski definition) is 3. The van der Waals surface area contributed by atoms with Crippen LogP contribution in [0.2, 0.25) is 0 Å². The highest BCUT2D eigenvalue weighted by atomic mass is 32.2. The molecular formula is C10H20N2O4S. The van der Waals surface area contributed by atoms with Crippen molar-refractivity contribution in [3.05, 3.63) is 0 Å². The van der Waals surface area contributed by atoms with Crippen LogP contribution in [0.1, 0.15) is 20.3 Å². The Morgan fingerprint density at radius 2 is 2.00 bits per heavy atom. The van der Waals surface area contributed by atoms with Crippen LogP contribution >= 0.6 is 0 Å². The van der Waals surface area contributed by atoms with Gasteiger partial charge in [-0.05, 0) is 5.92 Å². The Labute approximate surface area is 104 Å². The highest BCUT2D eigenvalue weighted by molar-refractivity contribution is 7.84. The first kappa shape index (κ1) is 15.9. The fraction of sp³-hybridized carbons (Fsp3) is 0.800. The molecule has 3 atom stereocenters. The van der Waals surface area contributed by atoms with E-state index in [1.807, 2.05) is 6.92 Å². The second-order valence-corrected chi connectivity index (χ2v) is 5.43. The zero-order valence-electron chi connectivity index (χ0n) is 10.4. The molecule has 0 saturated carbocycles. The lowest BCUT2D eigenvalue weighted by molar-refractivity contribution is -0.140. The van der Waals surface area contributed by atoms with E-state index in [0.717, 1.165) is 0 Å². The summed E-state index contributed by atoms with van der Waals surface area (Å²) in [7, 11) is -0.973. The number of carbonyl (C=O) groups is 2. The third kappa shape index (κ3) is 6.93. The van der Waals surface area contributed by atoms with Gasteiger partial charge in [-0.1, -0.05) is 20.3 Å². The smallest absolute Gasteiger partial charge is 0.326 e. The molecule has 0 saturated heterocycles. The highest BCUT2D eigenvalue weighted by Crippen LogP contribution is 2.07. The van der Waals surface area contributed by atoms with Gasteiger partial charge in [-0.2, -0.15) is 0 Å². The van der Waals surface area contributed by atoms with Crippen molar-refractivity contribution in [1.29, 1.82) is 0 Å². The summed E-state index contributed by atoms with van der Waals surface area (Å²) in [5.41, 5.74) is 0. The molecule has 100 valence electrons. The number of carboxylic acid groups (broad SMARTS) is 1. The number of hydrogen-bond donors (Lipinski definition) is 3. The molecule has 0 radical (unpaired) electrons. The molecule has 0 rings (SSSR count). The molecule has 0 aliphatic carbocycles. The van der Waals surface area contributed by atoms with Crippen LogP contribution in [0.3, 0.4) is 0 Å². The highest BCUT2D eigenvalue weighted by Gasteiger charge is 2.24. The SMILES string of the molecule is CCC(C)C(NC(=O)NCCS(C)=O)C(=O)O. The molecule has 0 aliphatic heterocycles. The van der Waals surface area contributed by atoms with Crippen molar-refractivity contribution >= 4 is 22.8 Å². The third-order valence-electron chi connectivity index (χ3n) is 2.44. The topological polar surface area (TPSA) is 95.5 Å². The summed E-state index contributed by atoms with van der Waals surface area (Å²) in [5, 5.41) is 13.8. The number of carbonyl (C=O) groups excluding carboxylic acids is 1. The Morgan fingerprint density at radius 1 is 1.41 bits per heavy atom. The first-order valence-corrected chi connectivity index (χ1v) is 7.18. The van der Waals surface area contributed by atoms with Gasteiger partial charge in [0.25, 0.3) is 0 Å². The normalized spacial score (nSPS) is 15.7. The Hall–Kier alpha value is -1.11. The van der Waals surface area contributed by atoms with E-state index >= 15 is 0 Å². The fourth-order valence-electron chi connectivity index (χ4n) is 1.18. The number of amides is 2. The maximum absolute atomic E-state index is 11.4. The third-order valence-corrected chi connectivity index (χ3v) is 3.22. The molecule has 0 spiro atoms. The average molecular weight is 264 g/mol. The van der Waals surface area contributed by atoms with Gasteiger partial charge in [0.05, 0.1) is 0 Å². The molecule has 0 fully saturated rings. The minimum Gasteiger partial charge on any atom is -0.480 e. The first-order chi connectivity index (χ1) is 7.88. The van der Waals surface area contributed by atoms with Gasteiger partial charge in [0.15, 0.2) is 0 Å². The molecule has 0 heterocycles. The summed E-state index contributed by atoms with van der Waals surface area (Å²) in [6, 6.07) is -1.43. The maximum Gasteiger partial charge on any atom is 0.326 e. The van der Waals surface area contributed by atoms with E-state index in [-0.39, 0.29) is 12.5 Å². The van der Waals surface area contributed by atoms with Crippen LogP contribution in [0.4, 0.5) is 4.79 Å². The molecule has 7 heteroatoms. The van der Waals surface area contributed by atoms with E-state index in [1.165, 1.54) is 0 Å². The zero-order chi connectivity index (χ0) is 13.4. The fourth-order valence-corrected chi connectivity index (χ4v) is 1.57. The Kier molecular flexibility index (Phi) is 7.53. The van der Waals surface area contributed by atoms with Gasteiger partial charge < -0.3 is 15.7 Å². The molecule has 3 N–H and O–H groups in total. The van der Waals surface area contributed by atoms with Crippen LogP contribution < -0.4 is 10.6 Å². The number of nitrogens with one attached hydrogen (secondary N) is 2. The van der Waals surface area contributed by atoms with Crippen molar-refractivity contribution in [2.75, 3.05) is 18.6 Å². The van der Waals surface area contributed by atoms with Crippen molar-refractivity contribution in [2.45, 2.75) is 26.3 Å². The van der Waals surface area contributed by atoms with Gasteiger partial charge in [-0.25, -0.2) is 9.59 Å². The maximum atomic E-state index is 11.4. The number of urea groups is 1. The summed E-state index contributed by atoms with van der Waals surface area (Å²) < 4.78 is 10.8. The van der Waals surface area contributed by atoms with Crippen molar-refractivity contribution in [3.8, 4) is 0 Å². The first-order valence-electron chi connectivity index (χ1n) is 5.45. The molecule has 6 nitrogen and oxygen atoms in total. The lowest BCUT2D eigenvalue weighted by atomic mass is 9.99. The molecule has 0 aromatic carbocycles. The number of carboxylic acids is 1. The lowest BCUT2D eigenvalue weighted by Crippen LogP contribution is -2.49. The Balaban J connectivity index is 4.13. The second-order valence-electron chi connectivity index (χ2n) is 3.88. The van der Waals surface area contributed by atoms with E-state index in [2.05, 4.69) is 10.6 Å². The molecule has 0 aromatic rings. The van der Waals surface area contributed by atoms with Gasteiger partial charge in [0, 0.05) is 29.4 Å². The van der Waals surface area contributed by atoms with Crippen LogP contribution in [-0.2, 0) is 15.6 Å². The molecule has 3 unspecified atom stereocenters. The predicted octanol–water partition coefficient (Wildman–Crippen LogP) is 0.163. The van der Waals surface area contributed by atoms with E-state index in [4.69, 9.17) is 5.11 Å². The van der Waals surface area contributed by atoms with Crippen LogP contribution in [0.15, 0.2) is 0 Å². The van der Waals surface area contributed by atoms with Crippen molar-refractivity contribution < 1.29 is 18.9 Å². The summed E-state index contributed by atoms with van der Waals surface area (Å²) in [6.07, 6.45) is 2.20. The van der Waals surface area contributed by atoms with Gasteiger partial charge >= 0.3 is 12.0 Å². The summed E-state index contributed by atoms with van der Waals surface area (Å²) >= 11 is 0. The number of rotatable bonds is 7.